The second-order valence-corrected chi connectivity index (χ2v) is 1.52. The van der Waals surface area contributed by atoms with E-state index in [4.69, 9.17) is 0 Å². The Hall–Kier alpha value is -0.640. The van der Waals surface area contributed by atoms with Gasteiger partial charge in [-0.05, 0) is 6.92 Å². The maximum absolute atomic E-state index is 10.2. The lowest BCUT2D eigenvalue weighted by molar-refractivity contribution is -0.132. The highest BCUT2D eigenvalue weighted by molar-refractivity contribution is 7.79. The molecule has 0 unspecified atom stereocenters. The van der Waals surface area contributed by atoms with Crippen LogP contribution < -0.4 is 5.32 Å². The number of amides is 1. The lowest BCUT2D eigenvalue weighted by atomic mass is 10.6. The zero-order valence-electron chi connectivity index (χ0n) is 4.43. The fourth-order valence-electron chi connectivity index (χ4n) is 0.233. The van der Waals surface area contributed by atoms with Gasteiger partial charge in [-0.1, -0.05) is 0 Å². The topological polar surface area (TPSA) is 46.2 Å². The number of rotatable bonds is 2. The summed E-state index contributed by atoms with van der Waals surface area (Å²) in [5.74, 6) is -0.692. The predicted octanol–water partition coefficient (Wildman–Crippen LogP) is -0.804. The molecule has 0 aromatic rings. The smallest absolute Gasteiger partial charge is 0.264 e. The second-order valence-electron chi connectivity index (χ2n) is 1.15. The first kappa shape index (κ1) is 7.36. The lowest BCUT2D eigenvalue weighted by Crippen LogP contribution is -2.28. The molecule has 0 aliphatic rings. The van der Waals surface area contributed by atoms with Gasteiger partial charge in [0, 0.05) is 6.54 Å². The molecule has 0 heterocycles. The highest BCUT2D eigenvalue weighted by Crippen LogP contribution is 1.64. The van der Waals surface area contributed by atoms with Crippen molar-refractivity contribution in [1.82, 2.24) is 5.32 Å². The maximum Gasteiger partial charge on any atom is 0.264 e. The summed E-state index contributed by atoms with van der Waals surface area (Å²) in [6.45, 7) is 2.16. The fourth-order valence-corrected chi connectivity index (χ4v) is 0.305. The molecule has 0 fully saturated rings. The van der Waals surface area contributed by atoms with Crippen molar-refractivity contribution >= 4 is 23.7 Å². The van der Waals surface area contributed by atoms with Gasteiger partial charge >= 0.3 is 0 Å². The monoisotopic (exact) mass is 132 g/mol. The molecular weight excluding hydrogens is 126 g/mol. The quantitative estimate of drug-likeness (QED) is 0.395. The van der Waals surface area contributed by atoms with E-state index in [0.29, 0.717) is 6.54 Å². The first-order valence-electron chi connectivity index (χ1n) is 2.17. The van der Waals surface area contributed by atoms with Crippen molar-refractivity contribution in [2.45, 2.75) is 6.92 Å². The Morgan fingerprint density at radius 3 is 2.25 bits per heavy atom. The van der Waals surface area contributed by atoms with Crippen LogP contribution in [-0.2, 0) is 22.2 Å². The van der Waals surface area contributed by atoms with Crippen LogP contribution in [0.5, 0.6) is 0 Å². The summed E-state index contributed by atoms with van der Waals surface area (Å²) in [5, 5.41) is 1.40. The standard InChI is InChI=1S/C4H7NO2S/c1-2-5-3(6)4(7)8/h2H2,1H3,(H,5,6)(H,7,8)/p-1. The highest BCUT2D eigenvalue weighted by Gasteiger charge is 1.94. The zero-order valence-corrected chi connectivity index (χ0v) is 5.25. The third-order valence-corrected chi connectivity index (χ3v) is 0.708. The van der Waals surface area contributed by atoms with Gasteiger partial charge in [0.25, 0.3) is 5.91 Å². The molecule has 0 spiro atoms. The Labute approximate surface area is 52.9 Å². The minimum absolute atomic E-state index is 0.446. The van der Waals surface area contributed by atoms with Crippen LogP contribution in [0.3, 0.4) is 0 Å². The molecule has 3 nitrogen and oxygen atoms in total. The van der Waals surface area contributed by atoms with Crippen molar-refractivity contribution < 1.29 is 9.59 Å². The molecule has 1 N–H and O–H groups in total. The Bertz CT molecular complexity index is 113. The van der Waals surface area contributed by atoms with Gasteiger partial charge in [-0.2, -0.15) is 0 Å². The van der Waals surface area contributed by atoms with Crippen LogP contribution in [0.1, 0.15) is 6.92 Å². The van der Waals surface area contributed by atoms with Gasteiger partial charge in [0.15, 0.2) is 0 Å². The van der Waals surface area contributed by atoms with Gasteiger partial charge in [0.1, 0.15) is 5.12 Å². The predicted molar refractivity (Wildman–Crippen MR) is 31.1 cm³/mol. The minimum atomic E-state index is -0.855. The molecule has 0 aliphatic heterocycles. The zero-order chi connectivity index (χ0) is 6.57. The van der Waals surface area contributed by atoms with E-state index in [1.54, 1.807) is 6.92 Å². The molecule has 0 aliphatic carbocycles. The number of carbonyl (C=O) groups is 2. The van der Waals surface area contributed by atoms with Crippen LogP contribution in [0.2, 0.25) is 0 Å². The first-order valence-corrected chi connectivity index (χ1v) is 2.58. The van der Waals surface area contributed by atoms with E-state index in [-0.39, 0.29) is 0 Å². The number of carbonyl (C=O) groups excluding carboxylic acids is 2. The molecule has 4 heteroatoms. The van der Waals surface area contributed by atoms with E-state index in [0.717, 1.165) is 0 Å². The van der Waals surface area contributed by atoms with Crippen LogP contribution in [-0.4, -0.2) is 17.6 Å². The molecule has 46 valence electrons. The van der Waals surface area contributed by atoms with Crippen LogP contribution in [0.15, 0.2) is 0 Å². The molecule has 0 radical (unpaired) electrons. The molecule has 0 atom stereocenters. The summed E-state index contributed by atoms with van der Waals surface area (Å²) >= 11 is 4.02. The summed E-state index contributed by atoms with van der Waals surface area (Å²) < 4.78 is 0. The van der Waals surface area contributed by atoms with E-state index in [9.17, 15) is 9.59 Å². The molecule has 8 heavy (non-hydrogen) atoms. The van der Waals surface area contributed by atoms with Crippen LogP contribution in [0.25, 0.3) is 0 Å². The van der Waals surface area contributed by atoms with Gasteiger partial charge in [0.05, 0.1) is 0 Å². The Morgan fingerprint density at radius 1 is 1.62 bits per heavy atom. The van der Waals surface area contributed by atoms with Crippen molar-refractivity contribution in [3.63, 3.8) is 0 Å². The fraction of sp³-hybridized carbons (Fsp3) is 0.500. The van der Waals surface area contributed by atoms with Gasteiger partial charge < -0.3 is 22.7 Å². The van der Waals surface area contributed by atoms with E-state index in [1.165, 1.54) is 0 Å². The summed E-state index contributed by atoms with van der Waals surface area (Å²) in [6.07, 6.45) is 0. The Morgan fingerprint density at radius 2 is 2.12 bits per heavy atom. The van der Waals surface area contributed by atoms with Gasteiger partial charge in [-0.3, -0.25) is 4.79 Å². The summed E-state index contributed by atoms with van der Waals surface area (Å²) in [7, 11) is 0. The van der Waals surface area contributed by atoms with Crippen molar-refractivity contribution in [1.29, 1.82) is 0 Å². The van der Waals surface area contributed by atoms with E-state index in [1.807, 2.05) is 0 Å². The Kier molecular flexibility index (Phi) is 3.10. The van der Waals surface area contributed by atoms with Crippen LogP contribution >= 0.6 is 0 Å². The molecule has 1 amide bonds. The van der Waals surface area contributed by atoms with Gasteiger partial charge in [-0.25, -0.2) is 0 Å². The molecule has 0 aromatic carbocycles. The summed E-state index contributed by atoms with van der Waals surface area (Å²) in [6, 6.07) is 0. The lowest BCUT2D eigenvalue weighted by Gasteiger charge is -2.01. The Balaban J connectivity index is 3.49. The SMILES string of the molecule is CCNC(=O)C(=O)[S-]. The summed E-state index contributed by atoms with van der Waals surface area (Å²) in [4.78, 5) is 20.1. The van der Waals surface area contributed by atoms with Gasteiger partial charge in [-0.15, -0.1) is 0 Å². The largest absolute Gasteiger partial charge is 0.732 e. The molecule has 0 saturated heterocycles. The van der Waals surface area contributed by atoms with Crippen molar-refractivity contribution in [3.05, 3.63) is 0 Å². The number of nitrogens with one attached hydrogen (secondary N) is 1. The van der Waals surface area contributed by atoms with Crippen LogP contribution in [0, 0.1) is 0 Å². The van der Waals surface area contributed by atoms with Gasteiger partial charge in [0.2, 0.25) is 0 Å². The van der Waals surface area contributed by atoms with Crippen molar-refractivity contribution in [2.75, 3.05) is 6.54 Å². The average molecular weight is 132 g/mol. The third kappa shape index (κ3) is 2.52. The maximum atomic E-state index is 10.2. The number of hydrogen-bond donors (Lipinski definition) is 1. The molecule has 0 bridgehead atoms. The van der Waals surface area contributed by atoms with Crippen molar-refractivity contribution in [3.8, 4) is 0 Å². The molecule has 0 saturated carbocycles. The third-order valence-electron chi connectivity index (χ3n) is 0.523. The van der Waals surface area contributed by atoms with E-state index >= 15 is 0 Å². The van der Waals surface area contributed by atoms with E-state index in [2.05, 4.69) is 17.9 Å². The summed E-state index contributed by atoms with van der Waals surface area (Å²) in [5.41, 5.74) is 0. The highest BCUT2D eigenvalue weighted by atomic mass is 32.1. The minimum Gasteiger partial charge on any atom is -0.732 e. The number of hydrogen-bond acceptors (Lipinski definition) is 3. The normalized spacial score (nSPS) is 8.12. The second kappa shape index (κ2) is 3.37. The van der Waals surface area contributed by atoms with Crippen LogP contribution in [0.4, 0.5) is 0 Å². The molecule has 0 aromatic heterocycles. The van der Waals surface area contributed by atoms with E-state index < -0.39 is 11.0 Å². The number of likely N-dealkylation sites (N-methyl/N-ethyl adjacent to an activating group) is 1. The molecular formula is C4H6NO2S-. The molecule has 0 rings (SSSR count). The van der Waals surface area contributed by atoms with Crippen molar-refractivity contribution in [2.24, 2.45) is 0 Å². The first-order chi connectivity index (χ1) is 3.68. The average Bonchev–Trinajstić information content (AvgIpc) is 1.67.